The molecule has 0 unspecified atom stereocenters. The minimum absolute atomic E-state index is 0.250. The maximum atomic E-state index is 12.1. The Labute approximate surface area is 143 Å². The van der Waals surface area contributed by atoms with Gasteiger partial charge in [-0.25, -0.2) is 13.1 Å². The normalized spacial score (nSPS) is 16.0. The maximum absolute atomic E-state index is 12.1. The number of anilines is 1. The van der Waals surface area contributed by atoms with Crippen LogP contribution in [0.1, 0.15) is 32.1 Å². The zero-order chi connectivity index (χ0) is 17.0. The highest BCUT2D eigenvalue weighted by Gasteiger charge is 2.18. The fourth-order valence-electron chi connectivity index (χ4n) is 3.14. The first-order chi connectivity index (χ1) is 11.6. The van der Waals surface area contributed by atoms with Crippen molar-refractivity contribution in [2.24, 2.45) is 0 Å². The largest absolute Gasteiger partial charge is 0.382 e. The Hall–Kier alpha value is -1.92. The molecule has 3 rings (SSSR count). The van der Waals surface area contributed by atoms with E-state index < -0.39 is 10.0 Å². The molecule has 1 aromatic carbocycles. The van der Waals surface area contributed by atoms with E-state index in [2.05, 4.69) is 15.0 Å². The van der Waals surface area contributed by atoms with Crippen molar-refractivity contribution in [1.29, 1.82) is 0 Å². The smallest absolute Gasteiger partial charge is 0.240 e. The van der Waals surface area contributed by atoms with Gasteiger partial charge in [0.1, 0.15) is 0 Å². The third kappa shape index (κ3) is 3.76. The van der Waals surface area contributed by atoms with Crippen LogP contribution in [0.3, 0.4) is 0 Å². The number of aromatic nitrogens is 1. The molecule has 0 bridgehead atoms. The zero-order valence-electron chi connectivity index (χ0n) is 13.8. The van der Waals surface area contributed by atoms with Crippen molar-refractivity contribution in [3.8, 4) is 11.3 Å². The van der Waals surface area contributed by atoms with Crippen LogP contribution in [0.25, 0.3) is 11.3 Å². The van der Waals surface area contributed by atoms with Crippen molar-refractivity contribution in [2.75, 3.05) is 12.4 Å². The summed E-state index contributed by atoms with van der Waals surface area (Å²) < 4.78 is 26.6. The number of nitrogens with one attached hydrogen (secondary N) is 2. The Morgan fingerprint density at radius 2 is 1.88 bits per heavy atom. The number of benzene rings is 1. The molecule has 2 aromatic rings. The van der Waals surface area contributed by atoms with E-state index in [4.69, 9.17) is 0 Å². The predicted octanol–water partition coefficient (Wildman–Crippen LogP) is 3.40. The number of hydrogen-bond donors (Lipinski definition) is 2. The van der Waals surface area contributed by atoms with E-state index in [-0.39, 0.29) is 4.90 Å². The van der Waals surface area contributed by atoms with E-state index in [0.29, 0.717) is 6.04 Å². The summed E-state index contributed by atoms with van der Waals surface area (Å²) in [5.41, 5.74) is 2.53. The van der Waals surface area contributed by atoms with Gasteiger partial charge in [-0.15, -0.1) is 0 Å². The van der Waals surface area contributed by atoms with Gasteiger partial charge in [0.05, 0.1) is 10.6 Å². The van der Waals surface area contributed by atoms with Gasteiger partial charge in [0.15, 0.2) is 0 Å². The fraction of sp³-hybridized carbons (Fsp3) is 0.389. The molecule has 0 spiro atoms. The Morgan fingerprint density at radius 1 is 1.08 bits per heavy atom. The van der Waals surface area contributed by atoms with E-state index in [1.54, 1.807) is 18.3 Å². The molecule has 0 aliphatic heterocycles. The number of pyridine rings is 1. The first-order valence-electron chi connectivity index (χ1n) is 8.36. The molecule has 1 heterocycles. The highest BCUT2D eigenvalue weighted by Crippen LogP contribution is 2.31. The molecule has 1 aromatic heterocycles. The van der Waals surface area contributed by atoms with E-state index in [9.17, 15) is 8.42 Å². The molecule has 0 amide bonds. The van der Waals surface area contributed by atoms with Gasteiger partial charge in [0.2, 0.25) is 10.0 Å². The summed E-state index contributed by atoms with van der Waals surface area (Å²) in [6.45, 7) is 0. The van der Waals surface area contributed by atoms with Crippen LogP contribution in [0.4, 0.5) is 5.69 Å². The molecule has 2 N–H and O–H groups in total. The first-order valence-corrected chi connectivity index (χ1v) is 9.84. The minimum Gasteiger partial charge on any atom is -0.382 e. The van der Waals surface area contributed by atoms with E-state index in [0.717, 1.165) is 29.8 Å². The molecule has 0 radical (unpaired) electrons. The molecule has 1 saturated carbocycles. The van der Waals surface area contributed by atoms with Crippen molar-refractivity contribution in [2.45, 2.75) is 43.0 Å². The lowest BCUT2D eigenvalue weighted by Gasteiger charge is -2.25. The lowest BCUT2D eigenvalue weighted by Crippen LogP contribution is -2.23. The number of hydrogen-bond acceptors (Lipinski definition) is 4. The molecular weight excluding hydrogens is 322 g/mol. The molecule has 1 aliphatic carbocycles. The highest BCUT2D eigenvalue weighted by molar-refractivity contribution is 7.89. The Morgan fingerprint density at radius 3 is 2.54 bits per heavy atom. The van der Waals surface area contributed by atoms with Crippen LogP contribution in [-0.4, -0.2) is 26.5 Å². The van der Waals surface area contributed by atoms with Crippen LogP contribution >= 0.6 is 0 Å². The quantitative estimate of drug-likeness (QED) is 0.871. The topological polar surface area (TPSA) is 71.1 Å². The highest BCUT2D eigenvalue weighted by atomic mass is 32.2. The van der Waals surface area contributed by atoms with Crippen molar-refractivity contribution < 1.29 is 8.42 Å². The summed E-state index contributed by atoms with van der Waals surface area (Å²) in [7, 11) is -2.06. The van der Waals surface area contributed by atoms with Gasteiger partial charge in [0.25, 0.3) is 0 Å². The van der Waals surface area contributed by atoms with Crippen molar-refractivity contribution in [3.63, 3.8) is 0 Å². The second-order valence-corrected chi connectivity index (χ2v) is 8.00. The average molecular weight is 345 g/mol. The van der Waals surface area contributed by atoms with Crippen LogP contribution in [0.15, 0.2) is 47.5 Å². The van der Waals surface area contributed by atoms with Crippen molar-refractivity contribution in [1.82, 2.24) is 9.71 Å². The van der Waals surface area contributed by atoms with Crippen LogP contribution in [0.5, 0.6) is 0 Å². The monoisotopic (exact) mass is 345 g/mol. The third-order valence-corrected chi connectivity index (χ3v) is 5.89. The first kappa shape index (κ1) is 16.9. The third-order valence-electron chi connectivity index (χ3n) is 4.48. The zero-order valence-corrected chi connectivity index (χ0v) is 14.6. The fourth-order valence-corrected chi connectivity index (χ4v) is 3.89. The van der Waals surface area contributed by atoms with E-state index >= 15 is 0 Å². The standard InChI is InChI=1S/C18H23N3O2S/c1-19-24(22,23)15-10-11-18(21-14-7-3-2-4-8-14)16(13-15)17-9-5-6-12-20-17/h5-6,9-14,19,21H,2-4,7-8H2,1H3. The van der Waals surface area contributed by atoms with Gasteiger partial charge < -0.3 is 5.32 Å². The number of sulfonamides is 1. The lowest BCUT2D eigenvalue weighted by atomic mass is 9.95. The molecule has 6 heteroatoms. The van der Waals surface area contributed by atoms with Crippen molar-refractivity contribution in [3.05, 3.63) is 42.6 Å². The maximum Gasteiger partial charge on any atom is 0.240 e. The van der Waals surface area contributed by atoms with Gasteiger partial charge >= 0.3 is 0 Å². The molecule has 1 aliphatic rings. The molecule has 0 saturated heterocycles. The van der Waals surface area contributed by atoms with Gasteiger partial charge in [-0.1, -0.05) is 25.3 Å². The summed E-state index contributed by atoms with van der Waals surface area (Å²) >= 11 is 0. The minimum atomic E-state index is -3.48. The molecule has 24 heavy (non-hydrogen) atoms. The number of nitrogens with zero attached hydrogens (tertiary/aromatic N) is 1. The molecule has 1 fully saturated rings. The van der Waals surface area contributed by atoms with Gasteiger partial charge in [-0.3, -0.25) is 4.98 Å². The Kier molecular flexibility index (Phi) is 5.16. The van der Waals surface area contributed by atoms with E-state index in [1.807, 2.05) is 24.3 Å². The molecule has 128 valence electrons. The van der Waals surface area contributed by atoms with Crippen LogP contribution in [0.2, 0.25) is 0 Å². The molecule has 5 nitrogen and oxygen atoms in total. The van der Waals surface area contributed by atoms with Crippen LogP contribution in [0, 0.1) is 0 Å². The van der Waals surface area contributed by atoms with E-state index in [1.165, 1.54) is 26.3 Å². The number of rotatable bonds is 5. The van der Waals surface area contributed by atoms with Crippen LogP contribution < -0.4 is 10.0 Å². The van der Waals surface area contributed by atoms with Crippen molar-refractivity contribution >= 4 is 15.7 Å². The Bertz CT molecular complexity index is 785. The Balaban J connectivity index is 2.01. The van der Waals surface area contributed by atoms with Gasteiger partial charge in [-0.2, -0.15) is 0 Å². The summed E-state index contributed by atoms with van der Waals surface area (Å²) in [5, 5.41) is 3.59. The second-order valence-electron chi connectivity index (χ2n) is 6.11. The molecule has 0 atom stereocenters. The molecular formula is C18H23N3O2S. The SMILES string of the molecule is CNS(=O)(=O)c1ccc(NC2CCCCC2)c(-c2ccccn2)c1. The summed E-state index contributed by atoms with van der Waals surface area (Å²) in [6.07, 6.45) is 7.80. The lowest BCUT2D eigenvalue weighted by molar-refractivity contribution is 0.463. The van der Waals surface area contributed by atoms with Gasteiger partial charge in [-0.05, 0) is 50.2 Å². The summed E-state index contributed by atoms with van der Waals surface area (Å²) in [5.74, 6) is 0. The predicted molar refractivity (Wildman–Crippen MR) is 96.4 cm³/mol. The average Bonchev–Trinajstić information content (AvgIpc) is 2.63. The second kappa shape index (κ2) is 7.32. The summed E-state index contributed by atoms with van der Waals surface area (Å²) in [4.78, 5) is 4.65. The van der Waals surface area contributed by atoms with Gasteiger partial charge in [0, 0.05) is 23.5 Å². The summed E-state index contributed by atoms with van der Waals surface area (Å²) in [6, 6.07) is 11.3. The van der Waals surface area contributed by atoms with Crippen LogP contribution in [-0.2, 0) is 10.0 Å².